The first-order valence-electron chi connectivity index (χ1n) is 7.17. The van der Waals surface area contributed by atoms with Gasteiger partial charge in [-0.15, -0.1) is 0 Å². The van der Waals surface area contributed by atoms with Crippen molar-refractivity contribution in [2.24, 2.45) is 5.92 Å². The van der Waals surface area contributed by atoms with Gasteiger partial charge in [0.1, 0.15) is 5.75 Å². The second-order valence-electron chi connectivity index (χ2n) is 5.43. The van der Waals surface area contributed by atoms with Gasteiger partial charge < -0.3 is 5.11 Å². The molecule has 0 bridgehead atoms. The molecule has 2 aromatic rings. The van der Waals surface area contributed by atoms with E-state index in [0.717, 1.165) is 17.5 Å². The van der Waals surface area contributed by atoms with Crippen LogP contribution in [0, 0.1) is 5.92 Å². The highest BCUT2D eigenvalue weighted by Crippen LogP contribution is 2.48. The highest BCUT2D eigenvalue weighted by molar-refractivity contribution is 5.47. The summed E-state index contributed by atoms with van der Waals surface area (Å²) in [6.07, 6.45) is 3.43. The van der Waals surface area contributed by atoms with Gasteiger partial charge in [-0.05, 0) is 36.3 Å². The van der Waals surface area contributed by atoms with Gasteiger partial charge in [0.05, 0.1) is 0 Å². The first kappa shape index (κ1) is 12.3. The van der Waals surface area contributed by atoms with Gasteiger partial charge in [0.2, 0.25) is 0 Å². The zero-order valence-corrected chi connectivity index (χ0v) is 11.3. The summed E-state index contributed by atoms with van der Waals surface area (Å²) in [5.74, 6) is 1.55. The highest BCUT2D eigenvalue weighted by atomic mass is 16.3. The molecular weight excluding hydrogens is 232 g/mol. The van der Waals surface area contributed by atoms with Crippen LogP contribution < -0.4 is 0 Å². The zero-order chi connectivity index (χ0) is 13.2. The Morgan fingerprint density at radius 2 is 1.79 bits per heavy atom. The molecule has 0 saturated heterocycles. The normalized spacial score (nSPS) is 16.3. The first-order chi connectivity index (χ1) is 9.31. The van der Waals surface area contributed by atoms with Crippen LogP contribution in [0.4, 0.5) is 0 Å². The number of rotatable bonds is 4. The highest BCUT2D eigenvalue weighted by Gasteiger charge is 2.34. The molecule has 3 rings (SSSR count). The van der Waals surface area contributed by atoms with E-state index in [4.69, 9.17) is 0 Å². The third-order valence-corrected chi connectivity index (χ3v) is 4.12. The summed E-state index contributed by atoms with van der Waals surface area (Å²) in [6, 6.07) is 16.8. The molecule has 0 aromatic heterocycles. The Hall–Kier alpha value is -1.76. The van der Waals surface area contributed by atoms with Gasteiger partial charge in [-0.1, -0.05) is 55.5 Å². The Labute approximate surface area is 114 Å². The van der Waals surface area contributed by atoms with E-state index in [-0.39, 0.29) is 0 Å². The van der Waals surface area contributed by atoms with Crippen molar-refractivity contribution in [1.29, 1.82) is 0 Å². The number of aromatic hydroxyl groups is 1. The quantitative estimate of drug-likeness (QED) is 0.849. The van der Waals surface area contributed by atoms with E-state index >= 15 is 0 Å². The molecule has 0 spiro atoms. The van der Waals surface area contributed by atoms with Crippen molar-refractivity contribution < 1.29 is 5.11 Å². The predicted molar refractivity (Wildman–Crippen MR) is 78.5 cm³/mol. The smallest absolute Gasteiger partial charge is 0.122 e. The van der Waals surface area contributed by atoms with Crippen molar-refractivity contribution in [3.8, 4) is 5.75 Å². The van der Waals surface area contributed by atoms with Crippen LogP contribution in [-0.4, -0.2) is 5.11 Å². The lowest BCUT2D eigenvalue weighted by Crippen LogP contribution is -2.04. The maximum Gasteiger partial charge on any atom is 0.122 e. The van der Waals surface area contributed by atoms with Gasteiger partial charge in [0.15, 0.2) is 0 Å². The summed E-state index contributed by atoms with van der Waals surface area (Å²) < 4.78 is 0. The minimum atomic E-state index is 0.354. The number of aryl methyl sites for hydroxylation is 1. The van der Waals surface area contributed by atoms with Crippen LogP contribution in [0.2, 0.25) is 0 Å². The number of para-hydroxylation sites is 1. The van der Waals surface area contributed by atoms with E-state index in [1.54, 1.807) is 0 Å². The van der Waals surface area contributed by atoms with E-state index in [1.807, 2.05) is 6.07 Å². The van der Waals surface area contributed by atoms with E-state index in [9.17, 15) is 5.11 Å². The van der Waals surface area contributed by atoms with E-state index in [1.165, 1.54) is 18.4 Å². The predicted octanol–water partition coefficient (Wildman–Crippen LogP) is 4.50. The Bertz CT molecular complexity index is 555. The second-order valence-corrected chi connectivity index (χ2v) is 5.43. The van der Waals surface area contributed by atoms with Crippen LogP contribution in [0.3, 0.4) is 0 Å². The molecule has 1 saturated carbocycles. The van der Waals surface area contributed by atoms with Crippen LogP contribution in [0.5, 0.6) is 5.75 Å². The summed E-state index contributed by atoms with van der Waals surface area (Å²) in [4.78, 5) is 0. The van der Waals surface area contributed by atoms with Crippen molar-refractivity contribution in [3.63, 3.8) is 0 Å². The summed E-state index contributed by atoms with van der Waals surface area (Å²) >= 11 is 0. The van der Waals surface area contributed by atoms with Crippen molar-refractivity contribution >= 4 is 0 Å². The molecule has 1 aliphatic rings. The average Bonchev–Trinajstić information content (AvgIpc) is 3.27. The lowest BCUT2D eigenvalue weighted by molar-refractivity contribution is 0.455. The molecule has 1 nitrogen and oxygen atoms in total. The fourth-order valence-electron chi connectivity index (χ4n) is 2.94. The number of hydrogen-bond donors (Lipinski definition) is 1. The topological polar surface area (TPSA) is 20.2 Å². The number of hydrogen-bond acceptors (Lipinski definition) is 1. The van der Waals surface area contributed by atoms with Crippen molar-refractivity contribution in [2.75, 3.05) is 0 Å². The van der Waals surface area contributed by atoms with Gasteiger partial charge >= 0.3 is 0 Å². The van der Waals surface area contributed by atoms with Crippen LogP contribution in [0.15, 0.2) is 48.5 Å². The zero-order valence-electron chi connectivity index (χ0n) is 11.3. The van der Waals surface area contributed by atoms with Gasteiger partial charge in [-0.3, -0.25) is 0 Å². The second kappa shape index (κ2) is 5.08. The Morgan fingerprint density at radius 3 is 2.42 bits per heavy atom. The number of phenolic OH excluding ortho intramolecular Hbond substituents is 1. The summed E-state index contributed by atoms with van der Waals surface area (Å²) in [6.45, 7) is 2.09. The molecule has 0 heterocycles. The minimum Gasteiger partial charge on any atom is -0.507 e. The molecule has 0 aliphatic heterocycles. The Kier molecular flexibility index (Phi) is 3.29. The lowest BCUT2D eigenvalue weighted by Gasteiger charge is -2.20. The summed E-state index contributed by atoms with van der Waals surface area (Å²) in [5, 5.41) is 10.5. The molecule has 1 N–H and O–H groups in total. The van der Waals surface area contributed by atoms with E-state index in [2.05, 4.69) is 49.4 Å². The fourth-order valence-corrected chi connectivity index (χ4v) is 2.94. The Balaban J connectivity index is 2.06. The molecule has 19 heavy (non-hydrogen) atoms. The molecule has 1 unspecified atom stereocenters. The largest absolute Gasteiger partial charge is 0.507 e. The van der Waals surface area contributed by atoms with Crippen molar-refractivity contribution in [3.05, 3.63) is 65.2 Å². The van der Waals surface area contributed by atoms with Crippen molar-refractivity contribution in [1.82, 2.24) is 0 Å². The number of benzene rings is 2. The lowest BCUT2D eigenvalue weighted by atomic mass is 9.85. The van der Waals surface area contributed by atoms with Crippen LogP contribution >= 0.6 is 0 Å². The third kappa shape index (κ3) is 2.37. The van der Waals surface area contributed by atoms with Gasteiger partial charge in [0, 0.05) is 11.5 Å². The molecular formula is C18H20O. The minimum absolute atomic E-state index is 0.354. The van der Waals surface area contributed by atoms with E-state index in [0.29, 0.717) is 17.6 Å². The van der Waals surface area contributed by atoms with Crippen LogP contribution in [-0.2, 0) is 6.42 Å². The van der Waals surface area contributed by atoms with Gasteiger partial charge in [0.25, 0.3) is 0 Å². The van der Waals surface area contributed by atoms with Gasteiger partial charge in [-0.25, -0.2) is 0 Å². The van der Waals surface area contributed by atoms with Gasteiger partial charge in [-0.2, -0.15) is 0 Å². The summed E-state index contributed by atoms with van der Waals surface area (Å²) in [7, 11) is 0. The maximum absolute atomic E-state index is 10.5. The Morgan fingerprint density at radius 1 is 1.05 bits per heavy atom. The maximum atomic E-state index is 10.5. The molecule has 2 aromatic carbocycles. The van der Waals surface area contributed by atoms with Crippen molar-refractivity contribution in [2.45, 2.75) is 32.1 Å². The average molecular weight is 252 g/mol. The standard InChI is InChI=1S/C18H20O/c1-2-13-9-6-10-16(18(13)19)17(15-11-12-15)14-7-4-3-5-8-14/h3-10,15,17,19H,2,11-12H2,1H3. The fraction of sp³-hybridized carbons (Fsp3) is 0.333. The van der Waals surface area contributed by atoms with Crippen LogP contribution in [0.25, 0.3) is 0 Å². The van der Waals surface area contributed by atoms with Crippen LogP contribution in [0.1, 0.15) is 42.4 Å². The molecule has 0 amide bonds. The monoisotopic (exact) mass is 252 g/mol. The summed E-state index contributed by atoms with van der Waals surface area (Å²) in [5.41, 5.74) is 3.49. The molecule has 1 heteroatoms. The first-order valence-corrected chi connectivity index (χ1v) is 7.17. The third-order valence-electron chi connectivity index (χ3n) is 4.12. The molecule has 0 radical (unpaired) electrons. The molecule has 1 atom stereocenters. The van der Waals surface area contributed by atoms with E-state index < -0.39 is 0 Å². The molecule has 98 valence electrons. The number of phenols is 1. The molecule has 1 aliphatic carbocycles. The molecule has 1 fully saturated rings. The SMILES string of the molecule is CCc1cccc(C(c2ccccc2)C2CC2)c1O.